The van der Waals surface area contributed by atoms with Crippen LogP contribution in [0.2, 0.25) is 0 Å². The van der Waals surface area contributed by atoms with Crippen LogP contribution in [-0.2, 0) is 5.41 Å². The fourth-order valence-corrected chi connectivity index (χ4v) is 9.27. The van der Waals surface area contributed by atoms with Gasteiger partial charge in [0.1, 0.15) is 0 Å². The van der Waals surface area contributed by atoms with Crippen LogP contribution < -0.4 is 4.90 Å². The fourth-order valence-electron chi connectivity index (χ4n) is 9.27. The maximum Gasteiger partial charge on any atom is 0.0547 e. The highest BCUT2D eigenvalue weighted by molar-refractivity contribution is 6.14. The second-order valence-corrected chi connectivity index (χ2v) is 15.1. The molecule has 0 aliphatic heterocycles. The van der Waals surface area contributed by atoms with Crippen LogP contribution in [0.1, 0.15) is 23.6 Å². The largest absolute Gasteiger partial charge is 0.310 e. The molecule has 1 aliphatic rings. The third kappa shape index (κ3) is 4.96. The maximum atomic E-state index is 2.42. The van der Waals surface area contributed by atoms with E-state index in [9.17, 15) is 0 Å². The number of hydrogen-bond acceptors (Lipinski definition) is 1. The Kier molecular flexibility index (Phi) is 7.33. The number of para-hydroxylation sites is 2. The molecule has 0 fully saturated rings. The molecule has 1 aliphatic carbocycles. The van der Waals surface area contributed by atoms with Crippen molar-refractivity contribution in [3.05, 3.63) is 229 Å². The van der Waals surface area contributed by atoms with E-state index in [-0.39, 0.29) is 5.41 Å². The van der Waals surface area contributed by atoms with Gasteiger partial charge in [-0.15, -0.1) is 0 Å². The Labute approximate surface area is 327 Å². The molecule has 0 N–H and O–H groups in total. The van der Waals surface area contributed by atoms with Crippen LogP contribution in [0.5, 0.6) is 0 Å². The molecule has 0 saturated heterocycles. The van der Waals surface area contributed by atoms with E-state index in [4.69, 9.17) is 0 Å². The van der Waals surface area contributed by atoms with Gasteiger partial charge < -0.3 is 9.47 Å². The van der Waals surface area contributed by atoms with Crippen molar-refractivity contribution in [1.82, 2.24) is 4.57 Å². The van der Waals surface area contributed by atoms with Crippen LogP contribution in [0.4, 0.5) is 17.1 Å². The summed E-state index contributed by atoms with van der Waals surface area (Å²) in [6.45, 7) is 2.38. The summed E-state index contributed by atoms with van der Waals surface area (Å²) in [4.78, 5) is 2.39. The first-order valence-corrected chi connectivity index (χ1v) is 19.4. The lowest BCUT2D eigenvalue weighted by molar-refractivity contribution is 0.714. The first-order valence-electron chi connectivity index (χ1n) is 19.4. The van der Waals surface area contributed by atoms with Gasteiger partial charge in [-0.25, -0.2) is 0 Å². The molecular formula is C54H38N2. The van der Waals surface area contributed by atoms with Gasteiger partial charge in [0, 0.05) is 38.9 Å². The molecule has 1 heterocycles. The Bertz CT molecular complexity index is 3070. The fraction of sp³-hybridized carbons (Fsp3) is 0.0370. The minimum atomic E-state index is -0.274. The van der Waals surface area contributed by atoms with E-state index < -0.39 is 0 Å². The molecule has 11 rings (SSSR count). The Morgan fingerprint density at radius 2 is 0.964 bits per heavy atom. The number of benzene rings is 9. The minimum Gasteiger partial charge on any atom is -0.310 e. The zero-order chi connectivity index (χ0) is 37.2. The van der Waals surface area contributed by atoms with Crippen LogP contribution in [-0.4, -0.2) is 4.57 Å². The SMILES string of the molecule is CC1(c2ccccc2)c2ccccc2-c2ccc(N(c3ccccc3)c3ccc(-c4ccc5c(c4)c4cc6ccccc6cc4n5-c4ccccc4)cc3)cc21. The van der Waals surface area contributed by atoms with Crippen molar-refractivity contribution in [2.45, 2.75) is 12.3 Å². The van der Waals surface area contributed by atoms with Crippen LogP contribution in [0.3, 0.4) is 0 Å². The quantitative estimate of drug-likeness (QED) is 0.166. The Balaban J connectivity index is 1.03. The van der Waals surface area contributed by atoms with Gasteiger partial charge in [-0.1, -0.05) is 140 Å². The molecule has 0 spiro atoms. The number of nitrogens with zero attached hydrogens (tertiary/aromatic N) is 2. The van der Waals surface area contributed by atoms with E-state index in [0.29, 0.717) is 0 Å². The summed E-state index contributed by atoms with van der Waals surface area (Å²) < 4.78 is 2.40. The average molecular weight is 715 g/mol. The molecule has 0 bridgehead atoms. The van der Waals surface area contributed by atoms with Gasteiger partial charge >= 0.3 is 0 Å². The Morgan fingerprint density at radius 3 is 1.73 bits per heavy atom. The van der Waals surface area contributed by atoms with Gasteiger partial charge in [-0.2, -0.15) is 0 Å². The van der Waals surface area contributed by atoms with Crippen molar-refractivity contribution in [3.63, 3.8) is 0 Å². The summed E-state index contributed by atoms with van der Waals surface area (Å²) in [5.74, 6) is 0. The van der Waals surface area contributed by atoms with Crippen molar-refractivity contribution in [2.75, 3.05) is 4.90 Å². The summed E-state index contributed by atoms with van der Waals surface area (Å²) >= 11 is 0. The van der Waals surface area contributed by atoms with Crippen molar-refractivity contribution in [1.29, 1.82) is 0 Å². The lowest BCUT2D eigenvalue weighted by atomic mass is 9.74. The first-order chi connectivity index (χ1) is 27.6. The summed E-state index contributed by atoms with van der Waals surface area (Å²) in [6.07, 6.45) is 0. The summed E-state index contributed by atoms with van der Waals surface area (Å²) in [5.41, 5.74) is 15.7. The topological polar surface area (TPSA) is 8.17 Å². The molecule has 264 valence electrons. The zero-order valence-electron chi connectivity index (χ0n) is 31.1. The minimum absolute atomic E-state index is 0.274. The third-order valence-electron chi connectivity index (χ3n) is 12.0. The zero-order valence-corrected chi connectivity index (χ0v) is 31.1. The third-order valence-corrected chi connectivity index (χ3v) is 12.0. The van der Waals surface area contributed by atoms with Gasteiger partial charge in [-0.3, -0.25) is 0 Å². The lowest BCUT2D eigenvalue weighted by Crippen LogP contribution is -2.22. The molecule has 0 radical (unpaired) electrons. The molecule has 2 heteroatoms. The van der Waals surface area contributed by atoms with Gasteiger partial charge in [0.25, 0.3) is 0 Å². The predicted molar refractivity (Wildman–Crippen MR) is 236 cm³/mol. The second-order valence-electron chi connectivity index (χ2n) is 15.1. The second kappa shape index (κ2) is 12.7. The van der Waals surface area contributed by atoms with Gasteiger partial charge in [0.15, 0.2) is 0 Å². The van der Waals surface area contributed by atoms with E-state index in [1.807, 2.05) is 0 Å². The summed E-state index contributed by atoms with van der Waals surface area (Å²) in [5, 5.41) is 5.01. The highest BCUT2D eigenvalue weighted by Gasteiger charge is 2.41. The highest BCUT2D eigenvalue weighted by atomic mass is 15.1. The number of fused-ring (bicyclic) bond motifs is 7. The standard InChI is InChI=1S/C54H38N2/c1-54(41-17-5-2-6-18-41)50-24-14-13-23-46(50)47-31-30-45(36-51(47)54)55(42-19-7-3-8-20-42)44-28-25-37(26-29-44)40-27-32-52-48(34-40)49-33-38-15-11-12-16-39(38)35-53(49)56(52)43-21-9-4-10-22-43/h2-36H,1H3. The number of hydrogen-bond donors (Lipinski definition) is 0. The van der Waals surface area contributed by atoms with Crippen molar-refractivity contribution in [2.24, 2.45) is 0 Å². The summed E-state index contributed by atoms with van der Waals surface area (Å²) in [7, 11) is 0. The molecule has 10 aromatic rings. The normalized spacial score (nSPS) is 14.6. The highest BCUT2D eigenvalue weighted by Crippen LogP contribution is 2.54. The van der Waals surface area contributed by atoms with E-state index >= 15 is 0 Å². The lowest BCUT2D eigenvalue weighted by Gasteiger charge is -2.31. The maximum absolute atomic E-state index is 2.42. The average Bonchev–Trinajstić information content (AvgIpc) is 3.72. The number of aromatic nitrogens is 1. The Morgan fingerprint density at radius 1 is 0.393 bits per heavy atom. The van der Waals surface area contributed by atoms with Crippen molar-refractivity contribution in [3.8, 4) is 27.9 Å². The van der Waals surface area contributed by atoms with Crippen LogP contribution >= 0.6 is 0 Å². The van der Waals surface area contributed by atoms with E-state index in [0.717, 1.165) is 17.1 Å². The van der Waals surface area contributed by atoms with Crippen LogP contribution in [0, 0.1) is 0 Å². The smallest absolute Gasteiger partial charge is 0.0547 e. The molecule has 0 saturated carbocycles. The predicted octanol–water partition coefficient (Wildman–Crippen LogP) is 14.4. The number of anilines is 3. The van der Waals surface area contributed by atoms with E-state index in [1.165, 1.54) is 77.2 Å². The molecule has 9 aromatic carbocycles. The molecule has 1 aromatic heterocycles. The van der Waals surface area contributed by atoms with Gasteiger partial charge in [-0.05, 0) is 129 Å². The molecule has 1 atom stereocenters. The molecule has 56 heavy (non-hydrogen) atoms. The van der Waals surface area contributed by atoms with E-state index in [2.05, 4.69) is 229 Å². The Hall–Kier alpha value is -7.16. The van der Waals surface area contributed by atoms with E-state index in [1.54, 1.807) is 0 Å². The van der Waals surface area contributed by atoms with Crippen LogP contribution in [0.15, 0.2) is 212 Å². The first kappa shape index (κ1) is 32.3. The van der Waals surface area contributed by atoms with Gasteiger partial charge in [0.05, 0.1) is 11.0 Å². The summed E-state index contributed by atoms with van der Waals surface area (Å²) in [6, 6.07) is 77.7. The monoisotopic (exact) mass is 714 g/mol. The molecule has 0 amide bonds. The van der Waals surface area contributed by atoms with Crippen LogP contribution in [0.25, 0.3) is 60.5 Å². The molecular weight excluding hydrogens is 677 g/mol. The number of rotatable bonds is 6. The molecule has 2 nitrogen and oxygen atoms in total. The van der Waals surface area contributed by atoms with Gasteiger partial charge in [0.2, 0.25) is 0 Å². The van der Waals surface area contributed by atoms with Crippen molar-refractivity contribution < 1.29 is 0 Å². The molecule has 1 unspecified atom stereocenters. The van der Waals surface area contributed by atoms with Crippen molar-refractivity contribution >= 4 is 49.6 Å².